The molecule has 0 aliphatic carbocycles. The molecule has 2 N–H and O–H groups in total. The quantitative estimate of drug-likeness (QED) is 0.707. The number of nitrogens with zero attached hydrogens (tertiary/aromatic N) is 2. The van der Waals surface area contributed by atoms with Crippen LogP contribution < -0.4 is 0 Å². The molecule has 0 saturated carbocycles. The first-order chi connectivity index (χ1) is 6.52. The Labute approximate surface area is 80.5 Å². The molecule has 0 atom stereocenters. The number of H-pyrrole nitrogens is 1. The maximum atomic E-state index is 11.6. The zero-order chi connectivity index (χ0) is 10.7. The summed E-state index contributed by atoms with van der Waals surface area (Å²) < 4.78 is 0. The van der Waals surface area contributed by atoms with E-state index in [9.17, 15) is 9.59 Å². The Hall–Kier alpha value is -1.85. The minimum Gasteiger partial charge on any atom is -0.480 e. The van der Waals surface area contributed by atoms with Gasteiger partial charge in [0, 0.05) is 12.7 Å². The van der Waals surface area contributed by atoms with Gasteiger partial charge in [-0.25, -0.2) is 0 Å². The molecule has 1 aromatic rings. The Morgan fingerprint density at radius 3 is 2.71 bits per heavy atom. The third kappa shape index (κ3) is 2.09. The zero-order valence-electron chi connectivity index (χ0n) is 7.94. The lowest BCUT2D eigenvalue weighted by molar-refractivity contribution is -0.137. The lowest BCUT2D eigenvalue weighted by Gasteiger charge is -2.13. The lowest BCUT2D eigenvalue weighted by atomic mass is 10.2. The molecule has 1 heterocycles. The monoisotopic (exact) mass is 197 g/mol. The van der Waals surface area contributed by atoms with E-state index < -0.39 is 5.97 Å². The second-order valence-electron chi connectivity index (χ2n) is 2.96. The van der Waals surface area contributed by atoms with Crippen molar-refractivity contribution in [2.75, 3.05) is 13.6 Å². The van der Waals surface area contributed by atoms with Crippen molar-refractivity contribution in [1.29, 1.82) is 0 Å². The van der Waals surface area contributed by atoms with Crippen molar-refractivity contribution in [2.24, 2.45) is 0 Å². The largest absolute Gasteiger partial charge is 0.480 e. The fourth-order valence-corrected chi connectivity index (χ4v) is 1.05. The molecule has 1 rings (SSSR count). The van der Waals surface area contributed by atoms with E-state index in [1.807, 2.05) is 0 Å². The molecule has 0 fully saturated rings. The highest BCUT2D eigenvalue weighted by molar-refractivity contribution is 5.96. The van der Waals surface area contributed by atoms with Crippen LogP contribution in [0.3, 0.4) is 0 Å². The number of hydrogen-bond donors (Lipinski definition) is 2. The van der Waals surface area contributed by atoms with Crippen LogP contribution in [0.25, 0.3) is 0 Å². The van der Waals surface area contributed by atoms with Gasteiger partial charge < -0.3 is 10.0 Å². The third-order valence-corrected chi connectivity index (χ3v) is 1.78. The number of aromatic amines is 1. The van der Waals surface area contributed by atoms with Gasteiger partial charge in [-0.15, -0.1) is 0 Å². The fraction of sp³-hybridized carbons (Fsp3) is 0.375. The van der Waals surface area contributed by atoms with Gasteiger partial charge in [-0.05, 0) is 6.92 Å². The number of rotatable bonds is 3. The first-order valence-electron chi connectivity index (χ1n) is 3.99. The molecule has 0 bridgehead atoms. The summed E-state index contributed by atoms with van der Waals surface area (Å²) in [4.78, 5) is 23.0. The van der Waals surface area contributed by atoms with Crippen molar-refractivity contribution >= 4 is 11.9 Å². The second-order valence-corrected chi connectivity index (χ2v) is 2.96. The summed E-state index contributed by atoms with van der Waals surface area (Å²) in [6.45, 7) is 1.39. The molecule has 0 aliphatic rings. The molecule has 76 valence electrons. The fourth-order valence-electron chi connectivity index (χ4n) is 1.05. The molecule has 6 heteroatoms. The Morgan fingerprint density at radius 2 is 2.29 bits per heavy atom. The number of amides is 1. The molecule has 0 saturated heterocycles. The van der Waals surface area contributed by atoms with E-state index in [4.69, 9.17) is 5.11 Å². The maximum absolute atomic E-state index is 11.6. The van der Waals surface area contributed by atoms with E-state index in [-0.39, 0.29) is 12.5 Å². The number of aliphatic carboxylic acids is 1. The number of nitrogens with one attached hydrogen (secondary N) is 1. The summed E-state index contributed by atoms with van der Waals surface area (Å²) in [6.07, 6.45) is 1.38. The number of carboxylic acid groups (broad SMARTS) is 1. The van der Waals surface area contributed by atoms with Crippen LogP contribution in [0.15, 0.2) is 6.20 Å². The molecule has 0 radical (unpaired) electrons. The Bertz CT molecular complexity index is 358. The Kier molecular flexibility index (Phi) is 2.85. The van der Waals surface area contributed by atoms with Gasteiger partial charge in [0.2, 0.25) is 0 Å². The van der Waals surface area contributed by atoms with Crippen LogP contribution in [0.1, 0.15) is 16.1 Å². The minimum absolute atomic E-state index is 0.316. The van der Waals surface area contributed by atoms with Crippen LogP contribution in [0.2, 0.25) is 0 Å². The topological polar surface area (TPSA) is 86.3 Å². The predicted octanol–water partition coefficient (Wildman–Crippen LogP) is -0.125. The van der Waals surface area contributed by atoms with E-state index >= 15 is 0 Å². The summed E-state index contributed by atoms with van der Waals surface area (Å²) >= 11 is 0. The van der Waals surface area contributed by atoms with E-state index in [2.05, 4.69) is 10.2 Å². The Balaban J connectivity index is 2.76. The highest BCUT2D eigenvalue weighted by Crippen LogP contribution is 2.05. The van der Waals surface area contributed by atoms with Crippen LogP contribution in [-0.4, -0.2) is 45.7 Å². The van der Waals surface area contributed by atoms with Crippen molar-refractivity contribution in [3.05, 3.63) is 17.5 Å². The minimum atomic E-state index is -1.04. The number of likely N-dealkylation sites (N-methyl/N-ethyl adjacent to an activating group) is 1. The van der Waals surface area contributed by atoms with Gasteiger partial charge in [0.25, 0.3) is 5.91 Å². The molecule has 0 spiro atoms. The molecule has 0 aliphatic heterocycles. The summed E-state index contributed by atoms with van der Waals surface area (Å²) in [5, 5.41) is 14.8. The standard InChI is InChI=1S/C8H11N3O3/c1-5-6(3-9-10-5)8(14)11(2)4-7(12)13/h3H,4H2,1-2H3,(H,9,10)(H,12,13). The van der Waals surface area contributed by atoms with Crippen LogP contribution in [0.4, 0.5) is 0 Å². The first kappa shape index (κ1) is 10.2. The summed E-state index contributed by atoms with van der Waals surface area (Å²) in [5.41, 5.74) is 1.03. The van der Waals surface area contributed by atoms with E-state index in [1.165, 1.54) is 13.2 Å². The van der Waals surface area contributed by atoms with Crippen LogP contribution in [0.5, 0.6) is 0 Å². The van der Waals surface area contributed by atoms with Gasteiger partial charge >= 0.3 is 5.97 Å². The van der Waals surface area contributed by atoms with Crippen molar-refractivity contribution < 1.29 is 14.7 Å². The van der Waals surface area contributed by atoms with E-state index in [0.29, 0.717) is 11.3 Å². The van der Waals surface area contributed by atoms with Crippen LogP contribution >= 0.6 is 0 Å². The molecular formula is C8H11N3O3. The SMILES string of the molecule is Cc1[nH]ncc1C(=O)N(C)CC(=O)O. The number of carbonyl (C=O) groups excluding carboxylic acids is 1. The van der Waals surface area contributed by atoms with Gasteiger partial charge in [-0.2, -0.15) is 5.10 Å². The highest BCUT2D eigenvalue weighted by atomic mass is 16.4. The lowest BCUT2D eigenvalue weighted by Crippen LogP contribution is -2.32. The van der Waals surface area contributed by atoms with Gasteiger partial charge in [0.1, 0.15) is 6.54 Å². The van der Waals surface area contributed by atoms with Crippen molar-refractivity contribution in [3.63, 3.8) is 0 Å². The molecular weight excluding hydrogens is 186 g/mol. The van der Waals surface area contributed by atoms with Crippen LogP contribution in [-0.2, 0) is 4.79 Å². The van der Waals surface area contributed by atoms with E-state index in [0.717, 1.165) is 4.90 Å². The molecule has 6 nitrogen and oxygen atoms in total. The molecule has 1 aromatic heterocycles. The molecule has 0 unspecified atom stereocenters. The van der Waals surface area contributed by atoms with Gasteiger partial charge in [0.15, 0.2) is 0 Å². The summed E-state index contributed by atoms with van der Waals surface area (Å²) in [7, 11) is 1.43. The van der Waals surface area contributed by atoms with Gasteiger partial charge in [-0.1, -0.05) is 0 Å². The molecule has 14 heavy (non-hydrogen) atoms. The average Bonchev–Trinajstić information content (AvgIpc) is 2.48. The van der Waals surface area contributed by atoms with Gasteiger partial charge in [-0.3, -0.25) is 14.7 Å². The van der Waals surface area contributed by atoms with Crippen LogP contribution in [0, 0.1) is 6.92 Å². The first-order valence-corrected chi connectivity index (χ1v) is 3.99. The van der Waals surface area contributed by atoms with Crippen molar-refractivity contribution in [3.8, 4) is 0 Å². The zero-order valence-corrected chi connectivity index (χ0v) is 7.94. The molecule has 0 aromatic carbocycles. The van der Waals surface area contributed by atoms with Gasteiger partial charge in [0.05, 0.1) is 11.8 Å². The third-order valence-electron chi connectivity index (χ3n) is 1.78. The van der Waals surface area contributed by atoms with Crippen molar-refractivity contribution in [1.82, 2.24) is 15.1 Å². The highest BCUT2D eigenvalue weighted by Gasteiger charge is 2.17. The molecule has 1 amide bonds. The Morgan fingerprint density at radius 1 is 1.64 bits per heavy atom. The summed E-state index contributed by atoms with van der Waals surface area (Å²) in [5.74, 6) is -1.39. The number of carbonyl (C=O) groups is 2. The normalized spacial score (nSPS) is 9.86. The van der Waals surface area contributed by atoms with Crippen molar-refractivity contribution in [2.45, 2.75) is 6.92 Å². The van der Waals surface area contributed by atoms with E-state index in [1.54, 1.807) is 6.92 Å². The number of aromatic nitrogens is 2. The number of hydrogen-bond acceptors (Lipinski definition) is 3. The smallest absolute Gasteiger partial charge is 0.323 e. The maximum Gasteiger partial charge on any atom is 0.323 e. The number of aryl methyl sites for hydroxylation is 1. The average molecular weight is 197 g/mol. The number of carboxylic acids is 1. The predicted molar refractivity (Wildman–Crippen MR) is 47.9 cm³/mol. The second kappa shape index (κ2) is 3.91. The summed E-state index contributed by atoms with van der Waals surface area (Å²) in [6, 6.07) is 0.